The minimum absolute atomic E-state index is 0.362. The van der Waals surface area contributed by atoms with E-state index in [0.717, 1.165) is 0 Å². The summed E-state index contributed by atoms with van der Waals surface area (Å²) in [5.41, 5.74) is 1.12. The van der Waals surface area contributed by atoms with Gasteiger partial charge in [0.2, 0.25) is 0 Å². The SMILES string of the molecule is CCn1ncc(OC)c1C(O)c1ccc(F)cc1Br. The maximum atomic E-state index is 13.1. The predicted molar refractivity (Wildman–Crippen MR) is 72.6 cm³/mol. The number of benzene rings is 1. The van der Waals surface area contributed by atoms with Gasteiger partial charge in [0.05, 0.1) is 13.3 Å². The molecule has 4 nitrogen and oxygen atoms in total. The van der Waals surface area contributed by atoms with E-state index in [9.17, 15) is 9.50 Å². The zero-order chi connectivity index (χ0) is 14.0. The maximum Gasteiger partial charge on any atom is 0.163 e. The molecule has 0 spiro atoms. The van der Waals surface area contributed by atoms with Crippen molar-refractivity contribution >= 4 is 15.9 Å². The highest BCUT2D eigenvalue weighted by Crippen LogP contribution is 2.33. The molecule has 19 heavy (non-hydrogen) atoms. The van der Waals surface area contributed by atoms with E-state index in [4.69, 9.17) is 4.74 Å². The lowest BCUT2D eigenvalue weighted by atomic mass is 10.1. The molecule has 0 amide bonds. The summed E-state index contributed by atoms with van der Waals surface area (Å²) in [5, 5.41) is 14.6. The van der Waals surface area contributed by atoms with Gasteiger partial charge in [-0.05, 0) is 19.1 Å². The van der Waals surface area contributed by atoms with Crippen molar-refractivity contribution in [1.82, 2.24) is 9.78 Å². The Bertz CT molecular complexity index is 565. The van der Waals surface area contributed by atoms with Crippen molar-refractivity contribution in [3.8, 4) is 5.75 Å². The van der Waals surface area contributed by atoms with Gasteiger partial charge in [-0.3, -0.25) is 4.68 Å². The van der Waals surface area contributed by atoms with Crippen LogP contribution in [0, 0.1) is 5.82 Å². The van der Waals surface area contributed by atoms with Gasteiger partial charge in [0.1, 0.15) is 17.6 Å². The van der Waals surface area contributed by atoms with Crippen LogP contribution in [0.15, 0.2) is 28.9 Å². The normalized spacial score (nSPS) is 12.5. The minimum Gasteiger partial charge on any atom is -0.493 e. The topological polar surface area (TPSA) is 47.3 Å². The van der Waals surface area contributed by atoms with Gasteiger partial charge < -0.3 is 9.84 Å². The van der Waals surface area contributed by atoms with E-state index in [1.807, 2.05) is 6.92 Å². The minimum atomic E-state index is -0.938. The molecule has 1 N–H and O–H groups in total. The largest absolute Gasteiger partial charge is 0.493 e. The van der Waals surface area contributed by atoms with Crippen molar-refractivity contribution in [1.29, 1.82) is 0 Å². The standard InChI is InChI=1S/C13H14BrFN2O2/c1-3-17-12(11(19-2)7-16-17)13(18)9-5-4-8(15)6-10(9)14/h4-7,13,18H,3H2,1-2H3. The van der Waals surface area contributed by atoms with Gasteiger partial charge in [-0.1, -0.05) is 22.0 Å². The Morgan fingerprint density at radius 1 is 1.53 bits per heavy atom. The van der Waals surface area contributed by atoms with Gasteiger partial charge in [0.15, 0.2) is 5.75 Å². The molecule has 0 aliphatic rings. The summed E-state index contributed by atoms with van der Waals surface area (Å²) in [6, 6.07) is 4.16. The molecule has 0 bridgehead atoms. The van der Waals surface area contributed by atoms with E-state index in [1.54, 1.807) is 10.9 Å². The summed E-state index contributed by atoms with van der Waals surface area (Å²) in [6.07, 6.45) is 0.617. The number of aromatic nitrogens is 2. The molecular weight excluding hydrogens is 315 g/mol. The van der Waals surface area contributed by atoms with Crippen molar-refractivity contribution in [2.24, 2.45) is 0 Å². The first-order valence-electron chi connectivity index (χ1n) is 5.81. The summed E-state index contributed by atoms with van der Waals surface area (Å²) in [5.74, 6) is 0.143. The first-order valence-corrected chi connectivity index (χ1v) is 6.60. The molecule has 2 aromatic rings. The number of ether oxygens (including phenoxy) is 1. The lowest BCUT2D eigenvalue weighted by Crippen LogP contribution is -2.10. The summed E-state index contributed by atoms with van der Waals surface area (Å²) < 4.78 is 20.4. The van der Waals surface area contributed by atoms with Gasteiger partial charge in [-0.25, -0.2) is 4.39 Å². The fraction of sp³-hybridized carbons (Fsp3) is 0.308. The third kappa shape index (κ3) is 2.64. The van der Waals surface area contributed by atoms with E-state index >= 15 is 0 Å². The zero-order valence-electron chi connectivity index (χ0n) is 10.6. The predicted octanol–water partition coefficient (Wildman–Crippen LogP) is 2.89. The van der Waals surface area contributed by atoms with E-state index < -0.39 is 6.10 Å². The molecule has 2 rings (SSSR count). The smallest absolute Gasteiger partial charge is 0.163 e. The van der Waals surface area contributed by atoms with Crippen molar-refractivity contribution in [2.45, 2.75) is 19.6 Å². The molecule has 1 atom stereocenters. The summed E-state index contributed by atoms with van der Waals surface area (Å²) in [4.78, 5) is 0. The number of aliphatic hydroxyl groups is 1. The molecule has 102 valence electrons. The third-order valence-corrected chi connectivity index (χ3v) is 3.57. The Morgan fingerprint density at radius 2 is 2.26 bits per heavy atom. The molecule has 1 aromatic heterocycles. The van der Waals surface area contributed by atoms with Crippen LogP contribution in [0.1, 0.15) is 24.3 Å². The molecule has 6 heteroatoms. The highest BCUT2D eigenvalue weighted by Gasteiger charge is 2.22. The van der Waals surface area contributed by atoms with E-state index in [-0.39, 0.29) is 5.82 Å². The monoisotopic (exact) mass is 328 g/mol. The second-order valence-corrected chi connectivity index (χ2v) is 4.84. The number of halogens is 2. The van der Waals surface area contributed by atoms with Gasteiger partial charge in [0.25, 0.3) is 0 Å². The quantitative estimate of drug-likeness (QED) is 0.938. The molecule has 1 unspecified atom stereocenters. The highest BCUT2D eigenvalue weighted by atomic mass is 79.9. The molecule has 0 saturated carbocycles. The molecule has 0 fully saturated rings. The van der Waals surface area contributed by atoms with Crippen LogP contribution >= 0.6 is 15.9 Å². The average Bonchev–Trinajstić information content (AvgIpc) is 2.80. The molecule has 1 heterocycles. The van der Waals surface area contributed by atoms with Gasteiger partial charge in [0, 0.05) is 16.6 Å². The maximum absolute atomic E-state index is 13.1. The molecule has 0 radical (unpaired) electrons. The van der Waals surface area contributed by atoms with Crippen LogP contribution in [0.2, 0.25) is 0 Å². The Morgan fingerprint density at radius 3 is 2.84 bits per heavy atom. The molecule has 0 aliphatic carbocycles. The molecule has 1 aromatic carbocycles. The van der Waals surface area contributed by atoms with Crippen LogP contribution in [0.4, 0.5) is 4.39 Å². The summed E-state index contributed by atoms with van der Waals surface area (Å²) >= 11 is 3.26. The first-order chi connectivity index (χ1) is 9.08. The van der Waals surface area contributed by atoms with Gasteiger partial charge in [-0.15, -0.1) is 0 Å². The summed E-state index contributed by atoms with van der Waals surface area (Å²) in [6.45, 7) is 2.52. The Balaban J connectivity index is 2.48. The fourth-order valence-electron chi connectivity index (χ4n) is 1.93. The Kier molecular flexibility index (Phi) is 4.21. The Hall–Kier alpha value is -1.40. The molecule has 0 saturated heterocycles. The van der Waals surface area contributed by atoms with Gasteiger partial charge in [-0.2, -0.15) is 5.10 Å². The summed E-state index contributed by atoms with van der Waals surface area (Å²) in [7, 11) is 1.52. The number of nitrogens with zero attached hydrogens (tertiary/aromatic N) is 2. The number of rotatable bonds is 4. The van der Waals surface area contributed by atoms with Crippen LogP contribution < -0.4 is 4.74 Å². The zero-order valence-corrected chi connectivity index (χ0v) is 12.2. The van der Waals surface area contributed by atoms with Crippen LogP contribution in [-0.4, -0.2) is 22.0 Å². The van der Waals surface area contributed by atoms with Crippen molar-refractivity contribution in [3.05, 3.63) is 45.9 Å². The van der Waals surface area contributed by atoms with Crippen molar-refractivity contribution in [3.63, 3.8) is 0 Å². The number of methoxy groups -OCH3 is 1. The number of hydrogen-bond acceptors (Lipinski definition) is 3. The van der Waals surface area contributed by atoms with E-state index in [2.05, 4.69) is 21.0 Å². The van der Waals surface area contributed by atoms with E-state index in [0.29, 0.717) is 28.0 Å². The average molecular weight is 329 g/mol. The van der Waals surface area contributed by atoms with Crippen LogP contribution in [0.25, 0.3) is 0 Å². The van der Waals surface area contributed by atoms with Crippen LogP contribution in [0.5, 0.6) is 5.75 Å². The first kappa shape index (κ1) is 14.0. The van der Waals surface area contributed by atoms with Gasteiger partial charge >= 0.3 is 0 Å². The number of hydrogen-bond donors (Lipinski definition) is 1. The van der Waals surface area contributed by atoms with Crippen molar-refractivity contribution in [2.75, 3.05) is 7.11 Å². The molecular formula is C13H14BrFN2O2. The lowest BCUT2D eigenvalue weighted by molar-refractivity contribution is 0.201. The fourth-order valence-corrected chi connectivity index (χ4v) is 2.50. The second-order valence-electron chi connectivity index (χ2n) is 3.98. The number of aliphatic hydroxyl groups excluding tert-OH is 1. The number of aryl methyl sites for hydroxylation is 1. The lowest BCUT2D eigenvalue weighted by Gasteiger charge is -2.16. The Labute approximate surface area is 118 Å². The second kappa shape index (κ2) is 5.71. The van der Waals surface area contributed by atoms with Crippen molar-refractivity contribution < 1.29 is 14.2 Å². The third-order valence-electron chi connectivity index (χ3n) is 2.88. The molecule has 0 aliphatic heterocycles. The van der Waals surface area contributed by atoms with Crippen LogP contribution in [-0.2, 0) is 6.54 Å². The highest BCUT2D eigenvalue weighted by molar-refractivity contribution is 9.10. The van der Waals surface area contributed by atoms with Crippen LogP contribution in [0.3, 0.4) is 0 Å². The van der Waals surface area contributed by atoms with E-state index in [1.165, 1.54) is 25.3 Å².